The lowest BCUT2D eigenvalue weighted by atomic mass is 10.1. The number of hydrogen-bond acceptors (Lipinski definition) is 4. The monoisotopic (exact) mass is 187 g/mol. The molecule has 0 bridgehead atoms. The summed E-state index contributed by atoms with van der Waals surface area (Å²) in [5, 5.41) is 9.14. The fourth-order valence-electron chi connectivity index (χ4n) is 1.67. The zero-order chi connectivity index (χ0) is 10.1. The first-order chi connectivity index (χ1) is 5.95. The molecule has 0 aromatic heterocycles. The van der Waals surface area contributed by atoms with Crippen molar-refractivity contribution < 1.29 is 5.11 Å². The molecule has 78 valence electrons. The van der Waals surface area contributed by atoms with Crippen molar-refractivity contribution in [3.05, 3.63) is 0 Å². The maximum atomic E-state index is 9.14. The number of rotatable bonds is 2. The van der Waals surface area contributed by atoms with E-state index < -0.39 is 0 Å². The van der Waals surface area contributed by atoms with Crippen LogP contribution in [0.1, 0.15) is 13.8 Å². The first-order valence-corrected chi connectivity index (χ1v) is 4.80. The second kappa shape index (κ2) is 3.92. The molecule has 13 heavy (non-hydrogen) atoms. The van der Waals surface area contributed by atoms with Crippen LogP contribution in [0.2, 0.25) is 0 Å². The number of nitrogens with zero attached hydrogens (tertiary/aromatic N) is 2. The zero-order valence-electron chi connectivity index (χ0n) is 8.82. The molecule has 1 rings (SSSR count). The third-order valence-corrected chi connectivity index (χ3v) is 2.80. The van der Waals surface area contributed by atoms with Gasteiger partial charge in [0.15, 0.2) is 0 Å². The van der Waals surface area contributed by atoms with Crippen LogP contribution in [0.3, 0.4) is 0 Å². The minimum Gasteiger partial charge on any atom is -0.395 e. The van der Waals surface area contributed by atoms with E-state index in [1.54, 1.807) is 0 Å². The average Bonchev–Trinajstić information content (AvgIpc) is 2.03. The average molecular weight is 187 g/mol. The Kier molecular flexibility index (Phi) is 3.29. The van der Waals surface area contributed by atoms with Gasteiger partial charge in [0.25, 0.3) is 0 Å². The molecule has 0 aromatic carbocycles. The number of hydrogen-bond donors (Lipinski definition) is 2. The second-order valence-corrected chi connectivity index (χ2v) is 4.42. The Morgan fingerprint density at radius 1 is 1.46 bits per heavy atom. The minimum absolute atomic E-state index is 0.211. The number of likely N-dealkylation sites (N-methyl/N-ethyl adjacent to an activating group) is 1. The largest absolute Gasteiger partial charge is 0.395 e. The van der Waals surface area contributed by atoms with Crippen LogP contribution in [-0.4, -0.2) is 59.9 Å². The highest BCUT2D eigenvalue weighted by atomic mass is 16.3. The molecule has 1 unspecified atom stereocenters. The fourth-order valence-corrected chi connectivity index (χ4v) is 1.67. The normalized spacial score (nSPS) is 27.9. The van der Waals surface area contributed by atoms with Gasteiger partial charge in [-0.2, -0.15) is 0 Å². The van der Waals surface area contributed by atoms with Crippen LogP contribution in [0, 0.1) is 0 Å². The predicted octanol–water partition coefficient (Wildman–Crippen LogP) is -0.710. The van der Waals surface area contributed by atoms with E-state index in [0.29, 0.717) is 0 Å². The van der Waals surface area contributed by atoms with E-state index in [2.05, 4.69) is 9.80 Å². The Morgan fingerprint density at radius 2 is 2.08 bits per heavy atom. The Bertz CT molecular complexity index is 167. The van der Waals surface area contributed by atoms with Crippen LogP contribution in [0.15, 0.2) is 0 Å². The SMILES string of the molecule is CN1CCN(C(C)(C)N)CC1CO. The van der Waals surface area contributed by atoms with E-state index in [-0.39, 0.29) is 18.3 Å². The molecule has 0 radical (unpaired) electrons. The van der Waals surface area contributed by atoms with Gasteiger partial charge in [-0.05, 0) is 20.9 Å². The van der Waals surface area contributed by atoms with Crippen LogP contribution in [0.5, 0.6) is 0 Å². The molecular weight excluding hydrogens is 166 g/mol. The van der Waals surface area contributed by atoms with Gasteiger partial charge in [0, 0.05) is 25.7 Å². The van der Waals surface area contributed by atoms with Crippen molar-refractivity contribution in [1.82, 2.24) is 9.80 Å². The van der Waals surface area contributed by atoms with Gasteiger partial charge in [-0.1, -0.05) is 0 Å². The second-order valence-electron chi connectivity index (χ2n) is 4.42. The third kappa shape index (κ3) is 2.64. The topological polar surface area (TPSA) is 52.7 Å². The summed E-state index contributed by atoms with van der Waals surface area (Å²) in [4.78, 5) is 4.40. The quantitative estimate of drug-likeness (QED) is 0.599. The molecule has 0 amide bonds. The van der Waals surface area contributed by atoms with Gasteiger partial charge in [0.05, 0.1) is 12.3 Å². The van der Waals surface area contributed by atoms with Gasteiger partial charge in [-0.25, -0.2) is 0 Å². The molecule has 0 aromatic rings. The molecule has 1 aliphatic heterocycles. The smallest absolute Gasteiger partial charge is 0.0630 e. The lowest BCUT2D eigenvalue weighted by Crippen LogP contribution is -2.62. The van der Waals surface area contributed by atoms with E-state index in [1.165, 1.54) is 0 Å². The van der Waals surface area contributed by atoms with Gasteiger partial charge >= 0.3 is 0 Å². The summed E-state index contributed by atoms with van der Waals surface area (Å²) in [6, 6.07) is 0.233. The van der Waals surface area contributed by atoms with Crippen molar-refractivity contribution in [1.29, 1.82) is 0 Å². The summed E-state index contributed by atoms with van der Waals surface area (Å²) in [6.45, 7) is 7.04. The predicted molar refractivity (Wildman–Crippen MR) is 53.3 cm³/mol. The van der Waals surface area contributed by atoms with Gasteiger partial charge < -0.3 is 10.8 Å². The summed E-state index contributed by atoms with van der Waals surface area (Å²) in [5.41, 5.74) is 5.73. The van der Waals surface area contributed by atoms with Gasteiger partial charge in [-0.15, -0.1) is 0 Å². The number of nitrogens with two attached hydrogens (primary N) is 1. The Labute approximate surface area is 80.3 Å². The molecule has 1 atom stereocenters. The molecule has 4 heteroatoms. The number of aliphatic hydroxyl groups is 1. The van der Waals surface area contributed by atoms with Crippen LogP contribution in [-0.2, 0) is 0 Å². The third-order valence-electron chi connectivity index (χ3n) is 2.80. The summed E-state index contributed by atoms with van der Waals surface area (Å²) in [6.07, 6.45) is 0. The highest BCUT2D eigenvalue weighted by Crippen LogP contribution is 2.14. The van der Waals surface area contributed by atoms with Crippen LogP contribution in [0.25, 0.3) is 0 Å². The van der Waals surface area contributed by atoms with E-state index in [0.717, 1.165) is 19.6 Å². The van der Waals surface area contributed by atoms with Gasteiger partial charge in [-0.3, -0.25) is 9.80 Å². The van der Waals surface area contributed by atoms with Crippen LogP contribution >= 0.6 is 0 Å². The van der Waals surface area contributed by atoms with Crippen LogP contribution in [0.4, 0.5) is 0 Å². The lowest BCUT2D eigenvalue weighted by molar-refractivity contribution is 0.00886. The molecular formula is C9H21N3O. The molecule has 3 N–H and O–H groups in total. The first-order valence-electron chi connectivity index (χ1n) is 4.80. The van der Waals surface area contributed by atoms with E-state index in [4.69, 9.17) is 10.8 Å². The maximum absolute atomic E-state index is 9.14. The highest BCUT2D eigenvalue weighted by molar-refractivity contribution is 4.85. The summed E-state index contributed by atoms with van der Waals surface area (Å²) in [5.74, 6) is 0. The van der Waals surface area contributed by atoms with Crippen molar-refractivity contribution in [3.63, 3.8) is 0 Å². The Hall–Kier alpha value is -0.160. The van der Waals surface area contributed by atoms with E-state index in [9.17, 15) is 0 Å². The summed E-state index contributed by atoms with van der Waals surface area (Å²) < 4.78 is 0. The van der Waals surface area contributed by atoms with Crippen molar-refractivity contribution >= 4 is 0 Å². The van der Waals surface area contributed by atoms with Gasteiger partial charge in [0.1, 0.15) is 0 Å². The molecule has 0 saturated carbocycles. The Morgan fingerprint density at radius 3 is 2.54 bits per heavy atom. The minimum atomic E-state index is -0.269. The van der Waals surface area contributed by atoms with E-state index in [1.807, 2.05) is 20.9 Å². The van der Waals surface area contributed by atoms with Crippen LogP contribution < -0.4 is 5.73 Å². The van der Waals surface area contributed by atoms with Crippen molar-refractivity contribution in [2.45, 2.75) is 25.6 Å². The Balaban J connectivity index is 2.55. The highest BCUT2D eigenvalue weighted by Gasteiger charge is 2.30. The lowest BCUT2D eigenvalue weighted by Gasteiger charge is -2.44. The molecule has 1 aliphatic rings. The molecule has 0 spiro atoms. The molecule has 1 fully saturated rings. The number of piperazine rings is 1. The van der Waals surface area contributed by atoms with Crippen molar-refractivity contribution in [2.75, 3.05) is 33.3 Å². The zero-order valence-corrected chi connectivity index (χ0v) is 8.82. The van der Waals surface area contributed by atoms with Crippen molar-refractivity contribution in [3.8, 4) is 0 Å². The fraction of sp³-hybridized carbons (Fsp3) is 1.00. The summed E-state index contributed by atoms with van der Waals surface area (Å²) in [7, 11) is 2.04. The van der Waals surface area contributed by atoms with Gasteiger partial charge in [0.2, 0.25) is 0 Å². The summed E-state index contributed by atoms with van der Waals surface area (Å²) >= 11 is 0. The number of aliphatic hydroxyl groups excluding tert-OH is 1. The maximum Gasteiger partial charge on any atom is 0.0630 e. The molecule has 1 saturated heterocycles. The standard InChI is InChI=1S/C9H21N3O/c1-9(2,10)12-5-4-11(3)8(6-12)7-13/h8,13H,4-7,10H2,1-3H3. The molecule has 0 aliphatic carbocycles. The first kappa shape index (κ1) is 10.9. The molecule has 4 nitrogen and oxygen atoms in total. The molecule has 1 heterocycles. The van der Waals surface area contributed by atoms with E-state index >= 15 is 0 Å². The van der Waals surface area contributed by atoms with Crippen molar-refractivity contribution in [2.24, 2.45) is 5.73 Å².